The maximum atomic E-state index is 14.5. The summed E-state index contributed by atoms with van der Waals surface area (Å²) in [5, 5.41) is 19.7. The van der Waals surface area contributed by atoms with Crippen molar-refractivity contribution in [1.29, 1.82) is 4.78 Å². The number of carbonyl (C=O) groups is 2. The van der Waals surface area contributed by atoms with Gasteiger partial charge in [0.2, 0.25) is 5.91 Å². The van der Waals surface area contributed by atoms with Crippen LogP contribution in [0.5, 0.6) is 0 Å². The predicted octanol–water partition coefficient (Wildman–Crippen LogP) is 6.39. The van der Waals surface area contributed by atoms with Crippen LogP contribution in [-0.2, 0) is 14.7 Å². The summed E-state index contributed by atoms with van der Waals surface area (Å²) in [7, 11) is -4.05. The van der Waals surface area contributed by atoms with Gasteiger partial charge in [-0.05, 0) is 82.2 Å². The normalized spacial score (nSPS) is 19.1. The van der Waals surface area contributed by atoms with Crippen molar-refractivity contribution in [1.82, 2.24) is 9.21 Å². The van der Waals surface area contributed by atoms with E-state index in [9.17, 15) is 28.4 Å². The molecule has 0 aromatic heterocycles. The van der Waals surface area contributed by atoms with E-state index >= 15 is 0 Å². The quantitative estimate of drug-likeness (QED) is 0.357. The maximum Gasteiger partial charge on any atom is 0.420 e. The minimum atomic E-state index is -4.05. The number of carboxylic acid groups (broad SMARTS) is 1. The third kappa shape index (κ3) is 6.31. The Morgan fingerprint density at radius 3 is 1.89 bits per heavy atom. The minimum absolute atomic E-state index is 0.0644. The molecule has 0 radical (unpaired) electrons. The Hall–Kier alpha value is -2.11. The van der Waals surface area contributed by atoms with Crippen LogP contribution >= 0.6 is 11.8 Å². The summed E-state index contributed by atoms with van der Waals surface area (Å²) in [6, 6.07) is 2.88. The molecule has 208 valence electrons. The second kappa shape index (κ2) is 10.6. The van der Waals surface area contributed by atoms with Gasteiger partial charge < -0.3 is 15.1 Å². The number of hydrogen-bond donors (Lipinski definition) is 3. The van der Waals surface area contributed by atoms with Crippen molar-refractivity contribution < 1.29 is 28.4 Å². The molecule has 0 saturated heterocycles. The lowest BCUT2D eigenvalue weighted by Crippen LogP contribution is -2.48. The van der Waals surface area contributed by atoms with Crippen LogP contribution in [0.4, 0.5) is 9.18 Å². The number of benzene rings is 1. The highest BCUT2D eigenvalue weighted by molar-refractivity contribution is 8.19. The van der Waals surface area contributed by atoms with Gasteiger partial charge in [-0.2, -0.15) is 0 Å². The van der Waals surface area contributed by atoms with E-state index in [-0.39, 0.29) is 21.9 Å². The van der Waals surface area contributed by atoms with Crippen LogP contribution in [0.2, 0.25) is 0 Å². The largest absolute Gasteiger partial charge is 0.464 e. The number of hydrogen-bond acceptors (Lipinski definition) is 6. The molecule has 1 aromatic rings. The summed E-state index contributed by atoms with van der Waals surface area (Å²) in [5.74, 6) is -1.70. The van der Waals surface area contributed by atoms with Gasteiger partial charge in [0.25, 0.3) is 0 Å². The summed E-state index contributed by atoms with van der Waals surface area (Å²) < 4.78 is 37.2. The maximum absolute atomic E-state index is 14.5. The van der Waals surface area contributed by atoms with E-state index in [2.05, 4.69) is 0 Å². The molecule has 0 aliphatic carbocycles. The van der Waals surface area contributed by atoms with Gasteiger partial charge in [0.05, 0.1) is 17.1 Å². The molecule has 3 atom stereocenters. The van der Waals surface area contributed by atoms with Gasteiger partial charge in [0.15, 0.2) is 9.92 Å². The number of thioether (sulfide) groups is 1. The Labute approximate surface area is 224 Å². The van der Waals surface area contributed by atoms with E-state index in [1.165, 1.54) is 57.9 Å². The molecular formula is C26H40FN3O5S2. The Kier molecular flexibility index (Phi) is 8.89. The van der Waals surface area contributed by atoms with Crippen molar-refractivity contribution in [3.8, 4) is 0 Å². The zero-order chi connectivity index (χ0) is 28.8. The Morgan fingerprint density at radius 1 is 1.08 bits per heavy atom. The van der Waals surface area contributed by atoms with Crippen LogP contribution in [0, 0.1) is 10.6 Å². The smallest absolute Gasteiger partial charge is 0.420 e. The average Bonchev–Trinajstić information content (AvgIpc) is 3.17. The predicted molar refractivity (Wildman–Crippen MR) is 146 cm³/mol. The second-order valence-corrected chi connectivity index (χ2v) is 14.9. The highest BCUT2D eigenvalue weighted by Gasteiger charge is 2.47. The first-order chi connectivity index (χ1) is 16.6. The molecule has 37 heavy (non-hydrogen) atoms. The van der Waals surface area contributed by atoms with Crippen LogP contribution in [0.15, 0.2) is 22.6 Å². The third-order valence-electron chi connectivity index (χ3n) is 6.15. The molecule has 2 rings (SSSR count). The molecule has 3 unspecified atom stereocenters. The van der Waals surface area contributed by atoms with Crippen LogP contribution in [0.1, 0.15) is 104 Å². The standard InChI is InChI=1S/C26H40FN3O5S2/c1-14(2)18-11-17(27)12-19(15(3)4)21(18)16(5)22(31)29-13-20(36-23(29)26(9,10)34)37(28,35)30(24(32)33)25(6,7)8/h11-16,23,28,34H,1-10H3,(H,32,33). The monoisotopic (exact) mass is 557 g/mol. The van der Waals surface area contributed by atoms with Gasteiger partial charge in [-0.25, -0.2) is 22.5 Å². The van der Waals surface area contributed by atoms with E-state index in [1.807, 2.05) is 27.7 Å². The fourth-order valence-corrected chi connectivity index (χ4v) is 7.92. The summed E-state index contributed by atoms with van der Waals surface area (Å²) in [6.07, 6.45) is -0.294. The Balaban J connectivity index is 2.69. The van der Waals surface area contributed by atoms with Crippen molar-refractivity contribution in [3.05, 3.63) is 45.1 Å². The fourth-order valence-electron chi connectivity index (χ4n) is 4.51. The zero-order valence-corrected chi connectivity index (χ0v) is 24.9. The topological polar surface area (TPSA) is 122 Å². The molecular weight excluding hydrogens is 517 g/mol. The van der Waals surface area contributed by atoms with Crippen molar-refractivity contribution in [3.63, 3.8) is 0 Å². The van der Waals surface area contributed by atoms with Crippen molar-refractivity contribution in [2.24, 2.45) is 0 Å². The van der Waals surface area contributed by atoms with E-state index in [4.69, 9.17) is 4.78 Å². The lowest BCUT2D eigenvalue weighted by Gasteiger charge is -2.35. The zero-order valence-electron chi connectivity index (χ0n) is 23.2. The van der Waals surface area contributed by atoms with Crippen LogP contribution in [0.3, 0.4) is 0 Å². The van der Waals surface area contributed by atoms with Crippen LogP contribution in [-0.4, -0.2) is 52.1 Å². The van der Waals surface area contributed by atoms with Gasteiger partial charge in [-0.1, -0.05) is 39.5 Å². The molecule has 2 amide bonds. The number of carbonyl (C=O) groups excluding carboxylic acids is 1. The van der Waals surface area contributed by atoms with E-state index in [1.54, 1.807) is 6.92 Å². The first-order valence-electron chi connectivity index (χ1n) is 12.2. The molecule has 0 saturated carbocycles. The summed E-state index contributed by atoms with van der Waals surface area (Å²) in [4.78, 5) is 27.2. The third-order valence-corrected chi connectivity index (χ3v) is 10.4. The molecule has 1 aliphatic rings. The molecule has 11 heteroatoms. The molecule has 1 aromatic carbocycles. The lowest BCUT2D eigenvalue weighted by atomic mass is 9.82. The first-order valence-corrected chi connectivity index (χ1v) is 14.6. The molecule has 8 nitrogen and oxygen atoms in total. The van der Waals surface area contributed by atoms with Gasteiger partial charge in [-0.15, -0.1) is 0 Å². The second-order valence-electron chi connectivity index (χ2n) is 11.6. The number of aliphatic hydroxyl groups is 1. The highest BCUT2D eigenvalue weighted by atomic mass is 32.3. The van der Waals surface area contributed by atoms with Crippen molar-refractivity contribution in [2.45, 2.75) is 104 Å². The van der Waals surface area contributed by atoms with Crippen LogP contribution in [0.25, 0.3) is 0 Å². The van der Waals surface area contributed by atoms with Gasteiger partial charge in [0.1, 0.15) is 15.4 Å². The molecule has 0 spiro atoms. The van der Waals surface area contributed by atoms with E-state index in [0.29, 0.717) is 21.0 Å². The first kappa shape index (κ1) is 31.1. The summed E-state index contributed by atoms with van der Waals surface area (Å²) in [6.45, 7) is 17.0. The van der Waals surface area contributed by atoms with Crippen LogP contribution < -0.4 is 0 Å². The number of nitrogens with one attached hydrogen (secondary N) is 1. The van der Waals surface area contributed by atoms with E-state index in [0.717, 1.165) is 11.8 Å². The van der Waals surface area contributed by atoms with Crippen molar-refractivity contribution in [2.75, 3.05) is 0 Å². The summed E-state index contributed by atoms with van der Waals surface area (Å²) >= 11 is 0.847. The van der Waals surface area contributed by atoms with Gasteiger partial charge >= 0.3 is 6.09 Å². The Morgan fingerprint density at radius 2 is 1.54 bits per heavy atom. The molecule has 3 N–H and O–H groups in total. The number of halogens is 1. The molecule has 0 fully saturated rings. The summed E-state index contributed by atoms with van der Waals surface area (Å²) in [5.41, 5.74) is -0.531. The molecule has 1 heterocycles. The lowest BCUT2D eigenvalue weighted by molar-refractivity contribution is -0.133. The van der Waals surface area contributed by atoms with Gasteiger partial charge in [0, 0.05) is 6.20 Å². The number of nitrogens with zero attached hydrogens (tertiary/aromatic N) is 2. The van der Waals surface area contributed by atoms with E-state index < -0.39 is 44.3 Å². The Bertz CT molecular complexity index is 1170. The average molecular weight is 558 g/mol. The molecule has 0 bridgehead atoms. The van der Waals surface area contributed by atoms with Crippen molar-refractivity contribution >= 4 is 33.7 Å². The fraction of sp³-hybridized carbons (Fsp3) is 0.615. The minimum Gasteiger partial charge on any atom is -0.464 e. The molecule has 1 aliphatic heterocycles. The van der Waals surface area contributed by atoms with Gasteiger partial charge in [-0.3, -0.25) is 4.79 Å². The highest BCUT2D eigenvalue weighted by Crippen LogP contribution is 2.45. The number of amides is 2. The SMILES string of the molecule is CC(C)c1cc(F)cc(C(C)C)c1C(C)C(=O)N1C=C(S(=N)(=O)N(C(=O)O)C(C)(C)C)SC1C(C)(C)O. The number of rotatable bonds is 7.